The molecule has 0 aliphatic carbocycles. The van der Waals surface area contributed by atoms with Crippen LogP contribution in [-0.4, -0.2) is 27.8 Å². The summed E-state index contributed by atoms with van der Waals surface area (Å²) in [7, 11) is 0. The molecule has 1 aromatic rings. The quantitative estimate of drug-likeness (QED) is 0.680. The average Bonchev–Trinajstić information content (AvgIpc) is 2.92. The van der Waals surface area contributed by atoms with Gasteiger partial charge in [0.1, 0.15) is 0 Å². The van der Waals surface area contributed by atoms with Crippen LogP contribution in [-0.2, 0) is 20.9 Å². The van der Waals surface area contributed by atoms with Crippen molar-refractivity contribution in [1.82, 2.24) is 4.90 Å². The van der Waals surface area contributed by atoms with E-state index < -0.39 is 5.97 Å². The van der Waals surface area contributed by atoms with Gasteiger partial charge in [-0.05, 0) is 23.1 Å². The number of carboxylic acid groups (broad SMARTS) is 1. The maximum atomic E-state index is 12.0. The lowest BCUT2D eigenvalue weighted by Crippen LogP contribution is -2.29. The fraction of sp³-hybridized carbons (Fsp3) is 0.357. The van der Waals surface area contributed by atoms with E-state index in [0.717, 1.165) is 16.5 Å². The lowest BCUT2D eigenvalue weighted by atomic mass is 10.00. The largest absolute Gasteiger partial charge is 0.478 e. The van der Waals surface area contributed by atoms with E-state index in [-0.39, 0.29) is 30.2 Å². The van der Waals surface area contributed by atoms with E-state index in [9.17, 15) is 14.4 Å². The highest BCUT2D eigenvalue weighted by Gasteiger charge is 2.42. The number of carboxylic acids is 1. The Kier molecular flexibility index (Phi) is 4.04. The summed E-state index contributed by atoms with van der Waals surface area (Å²) in [6, 6.07) is 1.79. The van der Waals surface area contributed by atoms with Gasteiger partial charge in [0.15, 0.2) is 0 Å². The number of carbonyl (C=O) groups is 3. The highest BCUT2D eigenvalue weighted by molar-refractivity contribution is 7.10. The molecular weight excluding hydrogens is 278 g/mol. The fourth-order valence-corrected chi connectivity index (χ4v) is 2.92. The molecular formula is C14H15NO4S. The van der Waals surface area contributed by atoms with E-state index in [0.29, 0.717) is 0 Å². The van der Waals surface area contributed by atoms with Crippen molar-refractivity contribution in [2.45, 2.75) is 20.4 Å². The van der Waals surface area contributed by atoms with E-state index in [1.807, 2.05) is 0 Å². The summed E-state index contributed by atoms with van der Waals surface area (Å²) in [5, 5.41) is 10.4. The van der Waals surface area contributed by atoms with E-state index in [1.165, 1.54) is 22.3 Å². The van der Waals surface area contributed by atoms with Crippen LogP contribution in [0.1, 0.15) is 24.3 Å². The first-order chi connectivity index (χ1) is 9.40. The SMILES string of the molecule is CC1C(=O)N(Cc2cc(C=CC(=O)O)cs2)C(=O)C1C. The summed E-state index contributed by atoms with van der Waals surface area (Å²) in [6.45, 7) is 3.79. The predicted molar refractivity (Wildman–Crippen MR) is 74.9 cm³/mol. The minimum atomic E-state index is -1.01. The zero-order chi connectivity index (χ0) is 14.9. The summed E-state index contributed by atoms with van der Waals surface area (Å²) in [4.78, 5) is 36.5. The van der Waals surface area contributed by atoms with Gasteiger partial charge >= 0.3 is 5.97 Å². The number of nitrogens with zero attached hydrogens (tertiary/aromatic N) is 1. The molecule has 2 atom stereocenters. The fourth-order valence-electron chi connectivity index (χ4n) is 2.08. The first kappa shape index (κ1) is 14.5. The van der Waals surface area contributed by atoms with Gasteiger partial charge in [0.05, 0.1) is 6.54 Å². The van der Waals surface area contributed by atoms with Crippen molar-refractivity contribution < 1.29 is 19.5 Å². The molecule has 5 nitrogen and oxygen atoms in total. The van der Waals surface area contributed by atoms with Crippen molar-refractivity contribution in [3.8, 4) is 0 Å². The Morgan fingerprint density at radius 3 is 2.50 bits per heavy atom. The predicted octanol–water partition coefficient (Wildman–Crippen LogP) is 1.99. The van der Waals surface area contributed by atoms with Crippen LogP contribution in [0.3, 0.4) is 0 Å². The van der Waals surface area contributed by atoms with Gasteiger partial charge in [-0.15, -0.1) is 11.3 Å². The number of thiophene rings is 1. The second-order valence-corrected chi connectivity index (χ2v) is 5.85. The second-order valence-electron chi connectivity index (χ2n) is 4.86. The molecule has 6 heteroatoms. The third-order valence-corrected chi connectivity index (χ3v) is 4.41. The van der Waals surface area contributed by atoms with Crippen LogP contribution in [0.15, 0.2) is 17.5 Å². The first-order valence-electron chi connectivity index (χ1n) is 6.23. The summed E-state index contributed by atoms with van der Waals surface area (Å²) < 4.78 is 0. The second kappa shape index (κ2) is 5.58. The number of carbonyl (C=O) groups excluding carboxylic acids is 2. The summed E-state index contributed by atoms with van der Waals surface area (Å²) in [5.74, 6) is -1.83. The molecule has 0 spiro atoms. The van der Waals surface area contributed by atoms with Crippen LogP contribution in [0.4, 0.5) is 0 Å². The smallest absolute Gasteiger partial charge is 0.328 e. The molecule has 2 heterocycles. The van der Waals surface area contributed by atoms with Gasteiger partial charge < -0.3 is 5.11 Å². The lowest BCUT2D eigenvalue weighted by molar-refractivity contribution is -0.140. The Morgan fingerprint density at radius 1 is 1.35 bits per heavy atom. The molecule has 1 N–H and O–H groups in total. The Morgan fingerprint density at radius 2 is 1.95 bits per heavy atom. The average molecular weight is 293 g/mol. The zero-order valence-corrected chi connectivity index (χ0v) is 12.0. The zero-order valence-electron chi connectivity index (χ0n) is 11.2. The van der Waals surface area contributed by atoms with Crippen molar-refractivity contribution in [1.29, 1.82) is 0 Å². The highest BCUT2D eigenvalue weighted by Crippen LogP contribution is 2.28. The van der Waals surface area contributed by atoms with E-state index in [4.69, 9.17) is 5.11 Å². The first-order valence-corrected chi connectivity index (χ1v) is 7.11. The molecule has 0 saturated carbocycles. The summed E-state index contributed by atoms with van der Waals surface area (Å²) >= 11 is 1.40. The van der Waals surface area contributed by atoms with Gasteiger partial charge in [-0.1, -0.05) is 13.8 Å². The number of likely N-dealkylation sites (tertiary alicyclic amines) is 1. The molecule has 2 amide bonds. The Hall–Kier alpha value is -1.95. The van der Waals surface area contributed by atoms with Gasteiger partial charge in [-0.2, -0.15) is 0 Å². The van der Waals surface area contributed by atoms with Crippen molar-refractivity contribution in [2.24, 2.45) is 11.8 Å². The molecule has 20 heavy (non-hydrogen) atoms. The molecule has 2 unspecified atom stereocenters. The van der Waals surface area contributed by atoms with Crippen molar-refractivity contribution in [3.63, 3.8) is 0 Å². The molecule has 1 aliphatic rings. The third-order valence-electron chi connectivity index (χ3n) is 3.47. The molecule has 106 valence electrons. The number of hydrogen-bond donors (Lipinski definition) is 1. The summed E-state index contributed by atoms with van der Waals surface area (Å²) in [6.07, 6.45) is 2.54. The van der Waals surface area contributed by atoms with Gasteiger partial charge in [0.25, 0.3) is 0 Å². The van der Waals surface area contributed by atoms with Gasteiger partial charge in [-0.3, -0.25) is 14.5 Å². The van der Waals surface area contributed by atoms with Gasteiger partial charge in [0.2, 0.25) is 11.8 Å². The summed E-state index contributed by atoms with van der Waals surface area (Å²) in [5.41, 5.74) is 0.757. The minimum Gasteiger partial charge on any atom is -0.478 e. The topological polar surface area (TPSA) is 74.7 Å². The van der Waals surface area contributed by atoms with Crippen molar-refractivity contribution >= 4 is 35.2 Å². The number of imide groups is 1. The third kappa shape index (κ3) is 2.80. The molecule has 0 aromatic carbocycles. The Bertz CT molecular complexity index is 570. The highest BCUT2D eigenvalue weighted by atomic mass is 32.1. The minimum absolute atomic E-state index is 0.140. The standard InChI is InChI=1S/C14H15NO4S/c1-8-9(2)14(19)15(13(8)18)6-11-5-10(7-20-11)3-4-12(16)17/h3-5,7-9H,6H2,1-2H3,(H,16,17). The number of amides is 2. The number of aliphatic carboxylic acids is 1. The molecule has 1 fully saturated rings. The van der Waals surface area contributed by atoms with Crippen LogP contribution in [0.2, 0.25) is 0 Å². The normalized spacial score (nSPS) is 23.0. The maximum Gasteiger partial charge on any atom is 0.328 e. The number of hydrogen-bond acceptors (Lipinski definition) is 4. The van der Waals surface area contributed by atoms with E-state index in [2.05, 4.69) is 0 Å². The van der Waals surface area contributed by atoms with E-state index >= 15 is 0 Å². The molecule has 1 saturated heterocycles. The molecule has 0 bridgehead atoms. The monoisotopic (exact) mass is 293 g/mol. The van der Waals surface area contributed by atoms with Crippen LogP contribution >= 0.6 is 11.3 Å². The Labute approximate surface area is 120 Å². The van der Waals surface area contributed by atoms with Crippen LogP contribution in [0, 0.1) is 11.8 Å². The van der Waals surface area contributed by atoms with Crippen LogP contribution < -0.4 is 0 Å². The number of rotatable bonds is 4. The van der Waals surface area contributed by atoms with Crippen molar-refractivity contribution in [2.75, 3.05) is 0 Å². The van der Waals surface area contributed by atoms with Gasteiger partial charge in [-0.25, -0.2) is 4.79 Å². The molecule has 2 rings (SSSR count). The van der Waals surface area contributed by atoms with Crippen LogP contribution in [0.5, 0.6) is 0 Å². The Balaban J connectivity index is 2.09. The lowest BCUT2D eigenvalue weighted by Gasteiger charge is -2.12. The molecule has 1 aromatic heterocycles. The van der Waals surface area contributed by atoms with Gasteiger partial charge in [0, 0.05) is 22.8 Å². The molecule has 1 aliphatic heterocycles. The maximum absolute atomic E-state index is 12.0. The van der Waals surface area contributed by atoms with Crippen LogP contribution in [0.25, 0.3) is 6.08 Å². The molecule has 0 radical (unpaired) electrons. The van der Waals surface area contributed by atoms with Crippen molar-refractivity contribution in [3.05, 3.63) is 28.0 Å². The van der Waals surface area contributed by atoms with E-state index in [1.54, 1.807) is 25.3 Å².